The Morgan fingerprint density at radius 1 is 0.933 bits per heavy atom. The molecule has 4 N–H and O–H groups in total. The number of amides is 2. The highest BCUT2D eigenvalue weighted by Gasteiger charge is 2.43. The first-order valence-corrected chi connectivity index (χ1v) is 5.68. The van der Waals surface area contributed by atoms with Gasteiger partial charge in [-0.2, -0.15) is 0 Å². The molecule has 0 aromatic carbocycles. The lowest BCUT2D eigenvalue weighted by molar-refractivity contribution is -0.124. The molecule has 0 bridgehead atoms. The van der Waals surface area contributed by atoms with Crippen LogP contribution in [0.3, 0.4) is 0 Å². The van der Waals surface area contributed by atoms with E-state index in [4.69, 9.17) is 11.5 Å². The van der Waals surface area contributed by atoms with Gasteiger partial charge in [-0.3, -0.25) is 9.59 Å². The summed E-state index contributed by atoms with van der Waals surface area (Å²) in [6.07, 6.45) is 4.56. The molecule has 4 unspecified atom stereocenters. The first-order chi connectivity index (χ1) is 7.09. The van der Waals surface area contributed by atoms with Gasteiger partial charge in [0.05, 0.1) is 0 Å². The Labute approximate surface area is 89.4 Å². The van der Waals surface area contributed by atoms with Gasteiger partial charge in [-0.1, -0.05) is 0 Å². The van der Waals surface area contributed by atoms with E-state index in [0.717, 1.165) is 32.1 Å². The van der Waals surface area contributed by atoms with Crippen LogP contribution in [0.2, 0.25) is 0 Å². The summed E-state index contributed by atoms with van der Waals surface area (Å²) in [6.45, 7) is 0. The van der Waals surface area contributed by atoms with E-state index in [0.29, 0.717) is 11.8 Å². The monoisotopic (exact) mass is 210 g/mol. The molecule has 84 valence electrons. The Bertz CT molecular complexity index is 290. The molecule has 4 heteroatoms. The van der Waals surface area contributed by atoms with Crippen molar-refractivity contribution in [1.82, 2.24) is 0 Å². The number of nitrogens with two attached hydrogens (primary N) is 2. The highest BCUT2D eigenvalue weighted by Crippen LogP contribution is 2.47. The summed E-state index contributed by atoms with van der Waals surface area (Å²) in [4.78, 5) is 22.3. The molecule has 2 aliphatic carbocycles. The normalized spacial score (nSPS) is 39.7. The minimum Gasteiger partial charge on any atom is -0.369 e. The second-order valence-corrected chi connectivity index (χ2v) is 4.92. The minimum atomic E-state index is -0.184. The third kappa shape index (κ3) is 1.85. The van der Waals surface area contributed by atoms with Crippen molar-refractivity contribution in [3.8, 4) is 0 Å². The predicted molar refractivity (Wildman–Crippen MR) is 55.4 cm³/mol. The Morgan fingerprint density at radius 3 is 2.27 bits per heavy atom. The van der Waals surface area contributed by atoms with E-state index in [9.17, 15) is 9.59 Å². The highest BCUT2D eigenvalue weighted by atomic mass is 16.1. The average Bonchev–Trinajstić information content (AvgIpc) is 2.59. The molecule has 2 amide bonds. The van der Waals surface area contributed by atoms with Gasteiger partial charge in [-0.25, -0.2) is 0 Å². The van der Waals surface area contributed by atoms with Gasteiger partial charge in [0.2, 0.25) is 11.8 Å². The molecule has 2 saturated carbocycles. The third-order valence-electron chi connectivity index (χ3n) is 4.17. The second kappa shape index (κ2) is 3.83. The van der Waals surface area contributed by atoms with Crippen LogP contribution in [-0.2, 0) is 9.59 Å². The van der Waals surface area contributed by atoms with Gasteiger partial charge in [0.15, 0.2) is 0 Å². The molecule has 2 aliphatic rings. The summed E-state index contributed by atoms with van der Waals surface area (Å²) in [5.41, 5.74) is 10.7. The second-order valence-electron chi connectivity index (χ2n) is 4.92. The number of rotatable bonds is 2. The van der Waals surface area contributed by atoms with Gasteiger partial charge in [-0.05, 0) is 43.9 Å². The number of fused-ring (bicyclic) bond motifs is 1. The van der Waals surface area contributed by atoms with E-state index in [-0.39, 0.29) is 23.7 Å². The van der Waals surface area contributed by atoms with E-state index in [2.05, 4.69) is 0 Å². The van der Waals surface area contributed by atoms with Crippen molar-refractivity contribution in [3.05, 3.63) is 0 Å². The van der Waals surface area contributed by atoms with E-state index in [1.54, 1.807) is 0 Å². The standard InChI is InChI=1S/C11H18N2O2/c12-10(14)7-2-3-8-6(5-7)1-4-9(8)11(13)15/h6-9H,1-5H2,(H2,12,14)(H2,13,15). The van der Waals surface area contributed by atoms with Crippen LogP contribution < -0.4 is 11.5 Å². The first-order valence-electron chi connectivity index (χ1n) is 5.68. The Kier molecular flexibility index (Phi) is 2.67. The number of carbonyl (C=O) groups is 2. The smallest absolute Gasteiger partial charge is 0.220 e. The Hall–Kier alpha value is -1.06. The Balaban J connectivity index is 2.02. The van der Waals surface area contributed by atoms with E-state index >= 15 is 0 Å². The molecule has 4 nitrogen and oxygen atoms in total. The number of hydrogen-bond donors (Lipinski definition) is 2. The molecular formula is C11H18N2O2. The lowest BCUT2D eigenvalue weighted by atomic mass is 9.73. The molecule has 0 radical (unpaired) electrons. The zero-order valence-corrected chi connectivity index (χ0v) is 8.82. The zero-order chi connectivity index (χ0) is 11.0. The summed E-state index contributed by atoms with van der Waals surface area (Å²) in [7, 11) is 0. The first kappa shape index (κ1) is 10.5. The molecule has 4 atom stereocenters. The van der Waals surface area contributed by atoms with E-state index < -0.39 is 0 Å². The molecule has 0 aromatic rings. The lowest BCUT2D eigenvalue weighted by Gasteiger charge is -2.32. The number of primary amides is 2. The van der Waals surface area contributed by atoms with Crippen LogP contribution in [-0.4, -0.2) is 11.8 Å². The lowest BCUT2D eigenvalue weighted by Crippen LogP contribution is -2.35. The predicted octanol–water partition coefficient (Wildman–Crippen LogP) is 0.399. The average molecular weight is 210 g/mol. The van der Waals surface area contributed by atoms with E-state index in [1.165, 1.54) is 0 Å². The molecule has 15 heavy (non-hydrogen) atoms. The fourth-order valence-corrected chi connectivity index (χ4v) is 3.37. The summed E-state index contributed by atoms with van der Waals surface area (Å²) in [5.74, 6) is 0.629. The topological polar surface area (TPSA) is 86.2 Å². The largest absolute Gasteiger partial charge is 0.369 e. The van der Waals surface area contributed by atoms with Crippen LogP contribution in [0.25, 0.3) is 0 Å². The van der Waals surface area contributed by atoms with Gasteiger partial charge >= 0.3 is 0 Å². The maximum absolute atomic E-state index is 11.2. The summed E-state index contributed by atoms with van der Waals surface area (Å²) < 4.78 is 0. The van der Waals surface area contributed by atoms with Crippen molar-refractivity contribution in [2.24, 2.45) is 35.1 Å². The van der Waals surface area contributed by atoms with Crippen LogP contribution in [0.5, 0.6) is 0 Å². The number of hydrogen-bond acceptors (Lipinski definition) is 2. The summed E-state index contributed by atoms with van der Waals surface area (Å²) in [5, 5.41) is 0. The van der Waals surface area contributed by atoms with Crippen LogP contribution >= 0.6 is 0 Å². The van der Waals surface area contributed by atoms with Crippen molar-refractivity contribution >= 4 is 11.8 Å². The fraction of sp³-hybridized carbons (Fsp3) is 0.818. The van der Waals surface area contributed by atoms with Crippen molar-refractivity contribution < 1.29 is 9.59 Å². The van der Waals surface area contributed by atoms with Crippen molar-refractivity contribution in [2.75, 3.05) is 0 Å². The minimum absolute atomic E-state index is 0.0258. The maximum atomic E-state index is 11.2. The van der Waals surface area contributed by atoms with Crippen molar-refractivity contribution in [1.29, 1.82) is 0 Å². The van der Waals surface area contributed by atoms with Crippen LogP contribution in [0, 0.1) is 23.7 Å². The molecular weight excluding hydrogens is 192 g/mol. The number of carbonyl (C=O) groups excluding carboxylic acids is 2. The van der Waals surface area contributed by atoms with Crippen LogP contribution in [0.1, 0.15) is 32.1 Å². The molecule has 0 aliphatic heterocycles. The van der Waals surface area contributed by atoms with Gasteiger partial charge in [0.25, 0.3) is 0 Å². The zero-order valence-electron chi connectivity index (χ0n) is 8.82. The van der Waals surface area contributed by atoms with Crippen LogP contribution in [0.4, 0.5) is 0 Å². The molecule has 0 spiro atoms. The summed E-state index contributed by atoms with van der Waals surface area (Å²) in [6, 6.07) is 0. The van der Waals surface area contributed by atoms with Crippen LogP contribution in [0.15, 0.2) is 0 Å². The van der Waals surface area contributed by atoms with E-state index in [1.807, 2.05) is 0 Å². The van der Waals surface area contributed by atoms with Gasteiger partial charge in [0, 0.05) is 11.8 Å². The molecule has 0 heterocycles. The molecule has 0 saturated heterocycles. The quantitative estimate of drug-likeness (QED) is 0.691. The molecule has 2 fully saturated rings. The molecule has 0 aromatic heterocycles. The highest BCUT2D eigenvalue weighted by molar-refractivity contribution is 5.78. The summed E-state index contributed by atoms with van der Waals surface area (Å²) >= 11 is 0. The van der Waals surface area contributed by atoms with Gasteiger partial charge in [0.1, 0.15) is 0 Å². The third-order valence-corrected chi connectivity index (χ3v) is 4.17. The maximum Gasteiger partial charge on any atom is 0.220 e. The SMILES string of the molecule is NC(=O)C1CCC2C(CCC2C(N)=O)C1. The molecule has 2 rings (SSSR count). The fourth-order valence-electron chi connectivity index (χ4n) is 3.37. The Morgan fingerprint density at radius 2 is 1.67 bits per heavy atom. The van der Waals surface area contributed by atoms with Gasteiger partial charge < -0.3 is 11.5 Å². The van der Waals surface area contributed by atoms with Crippen molar-refractivity contribution in [2.45, 2.75) is 32.1 Å². The van der Waals surface area contributed by atoms with Crippen molar-refractivity contribution in [3.63, 3.8) is 0 Å². The van der Waals surface area contributed by atoms with Gasteiger partial charge in [-0.15, -0.1) is 0 Å².